The molecule has 1 aromatic heterocycles. The molecular formula is C32H44N12O3. The van der Waals surface area contributed by atoms with Crippen molar-refractivity contribution in [1.29, 1.82) is 0 Å². The number of para-hydroxylation sites is 1. The van der Waals surface area contributed by atoms with Crippen molar-refractivity contribution < 1.29 is 14.3 Å². The predicted molar refractivity (Wildman–Crippen MR) is 180 cm³/mol. The molecule has 0 radical (unpaired) electrons. The van der Waals surface area contributed by atoms with Crippen LogP contribution in [0.2, 0.25) is 0 Å². The highest BCUT2D eigenvalue weighted by molar-refractivity contribution is 6.11. The molecule has 4 atom stereocenters. The average Bonchev–Trinajstić information content (AvgIpc) is 3.05. The Kier molecular flexibility index (Phi) is 10.2. The van der Waals surface area contributed by atoms with Gasteiger partial charge in [0.15, 0.2) is 5.78 Å². The second-order valence-corrected chi connectivity index (χ2v) is 12.5. The smallest absolute Gasteiger partial charge is 0.249 e. The van der Waals surface area contributed by atoms with Crippen LogP contribution in [0.15, 0.2) is 54.6 Å². The van der Waals surface area contributed by atoms with Gasteiger partial charge in [-0.15, -0.1) is 0 Å². The number of hydrogen-bond donors (Lipinski definition) is 5. The molecule has 6 rings (SSSR count). The summed E-state index contributed by atoms with van der Waals surface area (Å²) in [5, 5.41) is 6.77. The van der Waals surface area contributed by atoms with Gasteiger partial charge in [0.05, 0.1) is 25.3 Å². The average molecular weight is 645 g/mol. The normalized spacial score (nSPS) is 23.7. The third kappa shape index (κ3) is 8.19. The number of nitrogens with one attached hydrogen (secondary N) is 1. The lowest BCUT2D eigenvalue weighted by atomic mass is 10.0. The van der Waals surface area contributed by atoms with Gasteiger partial charge < -0.3 is 42.8 Å². The van der Waals surface area contributed by atoms with Gasteiger partial charge in [-0.1, -0.05) is 18.2 Å². The fraction of sp³-hybridized carbons (Fsp3) is 0.469. The fourth-order valence-corrected chi connectivity index (χ4v) is 6.35. The minimum Gasteiger partial charge on any atom is -0.379 e. The molecule has 9 N–H and O–H groups in total. The van der Waals surface area contributed by atoms with E-state index in [0.29, 0.717) is 87.3 Å². The Bertz CT molecular complexity index is 1460. The Labute approximate surface area is 274 Å². The van der Waals surface area contributed by atoms with Crippen LogP contribution in [-0.2, 0) is 9.53 Å². The summed E-state index contributed by atoms with van der Waals surface area (Å²) >= 11 is 0. The van der Waals surface area contributed by atoms with Gasteiger partial charge in [0, 0.05) is 74.7 Å². The highest BCUT2D eigenvalue weighted by Gasteiger charge is 2.30. The van der Waals surface area contributed by atoms with Crippen LogP contribution in [0, 0.1) is 0 Å². The first-order valence-electron chi connectivity index (χ1n) is 16.1. The van der Waals surface area contributed by atoms with E-state index < -0.39 is 0 Å². The molecule has 0 bridgehead atoms. The number of rotatable bonds is 9. The summed E-state index contributed by atoms with van der Waals surface area (Å²) in [5.41, 5.74) is 26.9. The van der Waals surface area contributed by atoms with Crippen LogP contribution in [0.5, 0.6) is 0 Å². The molecule has 0 saturated carbocycles. The Morgan fingerprint density at radius 1 is 0.766 bits per heavy atom. The zero-order chi connectivity index (χ0) is 32.9. The number of Topliss-reactive ketones (excluding diaryl/α,β-unsaturated/α-hetero) is 1. The third-order valence-electron chi connectivity index (χ3n) is 8.49. The number of morpholine rings is 1. The van der Waals surface area contributed by atoms with Crippen LogP contribution >= 0.6 is 0 Å². The van der Waals surface area contributed by atoms with Crippen LogP contribution < -0.4 is 43.1 Å². The maximum Gasteiger partial charge on any atom is 0.249 e. The van der Waals surface area contributed by atoms with Gasteiger partial charge in [0.2, 0.25) is 23.8 Å². The molecule has 4 unspecified atom stereocenters. The minimum absolute atomic E-state index is 0.0992. The molecule has 3 fully saturated rings. The van der Waals surface area contributed by atoms with Crippen molar-refractivity contribution in [1.82, 2.24) is 20.0 Å². The van der Waals surface area contributed by atoms with Gasteiger partial charge in [-0.05, 0) is 49.2 Å². The summed E-state index contributed by atoms with van der Waals surface area (Å²) < 4.78 is 5.47. The Morgan fingerprint density at radius 2 is 1.30 bits per heavy atom. The van der Waals surface area contributed by atoms with E-state index in [0.717, 1.165) is 12.8 Å². The molecule has 0 spiro atoms. The molecule has 3 aromatic rings. The van der Waals surface area contributed by atoms with E-state index in [1.165, 1.54) is 0 Å². The molecule has 4 heterocycles. The van der Waals surface area contributed by atoms with Crippen molar-refractivity contribution in [3.8, 4) is 0 Å². The number of carbonyl (C=O) groups is 2. The number of nitrogens with zero attached hydrogens (tertiary/aromatic N) is 7. The molecule has 3 aliphatic heterocycles. The van der Waals surface area contributed by atoms with E-state index in [1.54, 1.807) is 29.3 Å². The van der Waals surface area contributed by atoms with E-state index in [-0.39, 0.29) is 42.3 Å². The van der Waals surface area contributed by atoms with Crippen LogP contribution in [0.4, 0.5) is 29.2 Å². The van der Waals surface area contributed by atoms with E-state index in [1.807, 2.05) is 45.1 Å². The zero-order valence-electron chi connectivity index (χ0n) is 26.4. The molecule has 2 aromatic carbocycles. The summed E-state index contributed by atoms with van der Waals surface area (Å²) in [6, 6.07) is 15.9. The maximum absolute atomic E-state index is 13.5. The van der Waals surface area contributed by atoms with Gasteiger partial charge >= 0.3 is 0 Å². The van der Waals surface area contributed by atoms with Crippen molar-refractivity contribution in [2.45, 2.75) is 43.4 Å². The van der Waals surface area contributed by atoms with Gasteiger partial charge in [-0.3, -0.25) is 9.59 Å². The highest BCUT2D eigenvalue weighted by atomic mass is 16.5. The summed E-state index contributed by atoms with van der Waals surface area (Å²) in [6.07, 6.45) is 1.17. The fourth-order valence-electron chi connectivity index (χ4n) is 6.35. The quantitative estimate of drug-likeness (QED) is 0.156. The Morgan fingerprint density at radius 3 is 1.83 bits per heavy atom. The lowest BCUT2D eigenvalue weighted by molar-refractivity contribution is -0.122. The molecule has 250 valence electrons. The number of piperidine rings is 2. The van der Waals surface area contributed by atoms with E-state index >= 15 is 0 Å². The molecule has 3 aliphatic rings. The van der Waals surface area contributed by atoms with Gasteiger partial charge in [-0.25, -0.2) is 10.0 Å². The number of anilines is 5. The Balaban J connectivity index is 1.18. The first-order chi connectivity index (χ1) is 22.7. The Hall–Kier alpha value is -4.25. The molecule has 0 aliphatic carbocycles. The van der Waals surface area contributed by atoms with Crippen LogP contribution in [0.25, 0.3) is 0 Å². The number of carbonyl (C=O) groups excluding carboxylic acids is 2. The molecule has 1 amide bonds. The largest absolute Gasteiger partial charge is 0.379 e. The van der Waals surface area contributed by atoms with Gasteiger partial charge in [0.25, 0.3) is 0 Å². The van der Waals surface area contributed by atoms with E-state index in [9.17, 15) is 9.59 Å². The first kappa shape index (κ1) is 32.7. The number of amides is 1. The second kappa shape index (κ2) is 14.7. The number of hydrazine groups is 1. The van der Waals surface area contributed by atoms with Crippen LogP contribution in [0.1, 0.15) is 29.6 Å². The van der Waals surface area contributed by atoms with Gasteiger partial charge in [0.1, 0.15) is 0 Å². The summed E-state index contributed by atoms with van der Waals surface area (Å²) in [7, 11) is 0. The monoisotopic (exact) mass is 644 g/mol. The maximum atomic E-state index is 13.5. The van der Waals surface area contributed by atoms with Crippen molar-refractivity contribution >= 4 is 40.9 Å². The van der Waals surface area contributed by atoms with Crippen molar-refractivity contribution in [3.05, 3.63) is 60.2 Å². The highest BCUT2D eigenvalue weighted by Crippen LogP contribution is 2.25. The molecular weight excluding hydrogens is 600 g/mol. The number of benzene rings is 2. The third-order valence-corrected chi connectivity index (χ3v) is 8.49. The standard InChI is InChI=1S/C32H44N12O3/c33-22-14-23(34)18-41(17-22)31-38-30(39-32(40-31)42-19-24(35)15-25(36)20-42)37-26-8-6-21(7-9-26)28(45)16-29(46)44(27-4-2-1-3-5-27)43-10-12-47-13-11-43/h1-9,22-25H,10-20,33-36H2,(H,37,38,39,40). The number of nitrogens with two attached hydrogens (primary N) is 4. The number of ether oxygens (including phenoxy) is 1. The lowest BCUT2D eigenvalue weighted by Crippen LogP contribution is -2.54. The van der Waals surface area contributed by atoms with Crippen molar-refractivity contribution in [3.63, 3.8) is 0 Å². The molecule has 3 saturated heterocycles. The number of hydrogen-bond acceptors (Lipinski definition) is 14. The second-order valence-electron chi connectivity index (χ2n) is 12.5. The minimum atomic E-state index is -0.301. The van der Waals surface area contributed by atoms with E-state index in [2.05, 4.69) is 5.32 Å². The predicted octanol–water partition coefficient (Wildman–Crippen LogP) is 0.198. The van der Waals surface area contributed by atoms with Crippen molar-refractivity contribution in [2.75, 3.05) is 72.6 Å². The number of aromatic nitrogens is 3. The number of ketones is 1. The lowest BCUT2D eigenvalue weighted by Gasteiger charge is -2.37. The summed E-state index contributed by atoms with van der Waals surface area (Å²) in [6.45, 7) is 4.42. The SMILES string of the molecule is NC1CC(N)CN(c2nc(Nc3ccc(C(=O)CC(=O)N(c4ccccc4)N4CCOCC4)cc3)nc(N3CC(N)CC(N)C3)n2)C1. The molecule has 47 heavy (non-hydrogen) atoms. The van der Waals surface area contributed by atoms with Crippen molar-refractivity contribution in [2.24, 2.45) is 22.9 Å². The van der Waals surface area contributed by atoms with E-state index in [4.69, 9.17) is 42.6 Å². The first-order valence-corrected chi connectivity index (χ1v) is 16.1. The molecule has 15 heteroatoms. The van der Waals surface area contributed by atoms with Gasteiger partial charge in [-0.2, -0.15) is 15.0 Å². The van der Waals surface area contributed by atoms with Crippen LogP contribution in [-0.4, -0.2) is 108 Å². The topological polar surface area (TPSA) is 211 Å². The molecule has 15 nitrogen and oxygen atoms in total. The zero-order valence-corrected chi connectivity index (χ0v) is 26.4. The summed E-state index contributed by atoms with van der Waals surface area (Å²) in [4.78, 5) is 44.9. The summed E-state index contributed by atoms with van der Waals surface area (Å²) in [5.74, 6) is 0.665. The van der Waals surface area contributed by atoms with Crippen LogP contribution in [0.3, 0.4) is 0 Å².